The van der Waals surface area contributed by atoms with Crippen molar-refractivity contribution < 1.29 is 14.7 Å². The molecule has 102 valence electrons. The average molecular weight is 254 g/mol. The van der Waals surface area contributed by atoms with Crippen molar-refractivity contribution in [3.8, 4) is 0 Å². The van der Waals surface area contributed by atoms with Gasteiger partial charge >= 0.3 is 0 Å². The van der Waals surface area contributed by atoms with Crippen LogP contribution in [0, 0.1) is 5.92 Å². The number of carbonyl (C=O) groups is 2. The Morgan fingerprint density at radius 3 is 2.50 bits per heavy atom. The van der Waals surface area contributed by atoms with Crippen LogP contribution < -0.4 is 0 Å². The molecule has 5 heteroatoms. The lowest BCUT2D eigenvalue weighted by Crippen LogP contribution is -2.48. The first-order chi connectivity index (χ1) is 8.50. The topological polar surface area (TPSA) is 60.9 Å². The molecule has 0 aromatic rings. The SMILES string of the molecule is CC(C)C(=O)N1CCCC1C(=O)N1CC[C@@H](O)C1. The number of β-amino-alcohol motifs (C(OH)–C–C–N with tert-alkyl or cyclic N) is 1. The molecule has 0 radical (unpaired) electrons. The maximum atomic E-state index is 12.4. The number of nitrogens with zero attached hydrogens (tertiary/aromatic N) is 2. The molecular weight excluding hydrogens is 232 g/mol. The summed E-state index contributed by atoms with van der Waals surface area (Å²) < 4.78 is 0. The standard InChI is InChI=1S/C13H22N2O3/c1-9(2)12(17)15-6-3-4-11(15)13(18)14-7-5-10(16)8-14/h9-11,16H,3-8H2,1-2H3/t10-,11?/m1/s1. The molecule has 0 saturated carbocycles. The highest BCUT2D eigenvalue weighted by atomic mass is 16.3. The Morgan fingerprint density at radius 1 is 1.22 bits per heavy atom. The number of likely N-dealkylation sites (tertiary alicyclic amines) is 2. The van der Waals surface area contributed by atoms with E-state index in [4.69, 9.17) is 0 Å². The van der Waals surface area contributed by atoms with Crippen molar-refractivity contribution in [3.63, 3.8) is 0 Å². The Kier molecular flexibility index (Phi) is 3.90. The van der Waals surface area contributed by atoms with Crippen LogP contribution in [-0.2, 0) is 9.59 Å². The number of rotatable bonds is 2. The van der Waals surface area contributed by atoms with E-state index in [2.05, 4.69) is 0 Å². The first-order valence-electron chi connectivity index (χ1n) is 6.78. The summed E-state index contributed by atoms with van der Waals surface area (Å²) in [6.45, 7) is 5.44. The second kappa shape index (κ2) is 5.26. The second-order valence-corrected chi connectivity index (χ2v) is 5.57. The van der Waals surface area contributed by atoms with Crippen LogP contribution in [0.25, 0.3) is 0 Å². The molecule has 0 aliphatic carbocycles. The Balaban J connectivity index is 2.03. The van der Waals surface area contributed by atoms with Crippen molar-refractivity contribution in [2.24, 2.45) is 5.92 Å². The molecule has 2 rings (SSSR count). The smallest absolute Gasteiger partial charge is 0.245 e. The van der Waals surface area contributed by atoms with Gasteiger partial charge in [0, 0.05) is 25.6 Å². The minimum absolute atomic E-state index is 0.0121. The van der Waals surface area contributed by atoms with Crippen molar-refractivity contribution in [3.05, 3.63) is 0 Å². The summed E-state index contributed by atoms with van der Waals surface area (Å²) in [7, 11) is 0. The molecule has 0 aromatic heterocycles. The third kappa shape index (κ3) is 2.51. The minimum Gasteiger partial charge on any atom is -0.391 e. The molecule has 1 N–H and O–H groups in total. The Hall–Kier alpha value is -1.10. The van der Waals surface area contributed by atoms with Crippen LogP contribution in [0.3, 0.4) is 0 Å². The number of hydrogen-bond donors (Lipinski definition) is 1. The van der Waals surface area contributed by atoms with Crippen LogP contribution in [0.2, 0.25) is 0 Å². The molecule has 2 aliphatic rings. The predicted molar refractivity (Wildman–Crippen MR) is 66.8 cm³/mol. The van der Waals surface area contributed by atoms with Gasteiger partial charge in [0.15, 0.2) is 0 Å². The zero-order valence-electron chi connectivity index (χ0n) is 11.1. The van der Waals surface area contributed by atoms with E-state index in [0.717, 1.165) is 12.8 Å². The fourth-order valence-electron chi connectivity index (χ4n) is 2.77. The van der Waals surface area contributed by atoms with Gasteiger partial charge in [-0.1, -0.05) is 13.8 Å². The van der Waals surface area contributed by atoms with E-state index < -0.39 is 6.10 Å². The molecule has 2 aliphatic heterocycles. The van der Waals surface area contributed by atoms with Gasteiger partial charge in [-0.05, 0) is 19.3 Å². The van der Waals surface area contributed by atoms with E-state index in [0.29, 0.717) is 26.1 Å². The first kappa shape index (κ1) is 13.3. The second-order valence-electron chi connectivity index (χ2n) is 5.57. The van der Waals surface area contributed by atoms with Gasteiger partial charge in [-0.25, -0.2) is 0 Å². The van der Waals surface area contributed by atoms with Gasteiger partial charge in [-0.2, -0.15) is 0 Å². The zero-order chi connectivity index (χ0) is 13.3. The summed E-state index contributed by atoms with van der Waals surface area (Å²) >= 11 is 0. The quantitative estimate of drug-likeness (QED) is 0.767. The molecule has 5 nitrogen and oxygen atoms in total. The van der Waals surface area contributed by atoms with Gasteiger partial charge in [-0.15, -0.1) is 0 Å². The van der Waals surface area contributed by atoms with E-state index >= 15 is 0 Å². The molecule has 2 atom stereocenters. The molecule has 2 fully saturated rings. The maximum absolute atomic E-state index is 12.4. The third-order valence-corrected chi connectivity index (χ3v) is 3.79. The summed E-state index contributed by atoms with van der Waals surface area (Å²) in [5.74, 6) is 0.00575. The van der Waals surface area contributed by atoms with Gasteiger partial charge in [0.05, 0.1) is 6.10 Å². The lowest BCUT2D eigenvalue weighted by Gasteiger charge is -2.29. The van der Waals surface area contributed by atoms with Crippen molar-refractivity contribution in [1.82, 2.24) is 9.80 Å². The highest BCUT2D eigenvalue weighted by Crippen LogP contribution is 2.23. The molecular formula is C13H22N2O3. The molecule has 1 unspecified atom stereocenters. The molecule has 0 bridgehead atoms. The highest BCUT2D eigenvalue weighted by Gasteiger charge is 2.38. The number of amides is 2. The van der Waals surface area contributed by atoms with Crippen LogP contribution in [0.5, 0.6) is 0 Å². The molecule has 18 heavy (non-hydrogen) atoms. The van der Waals surface area contributed by atoms with E-state index in [1.54, 1.807) is 9.80 Å². The minimum atomic E-state index is -0.399. The van der Waals surface area contributed by atoms with Crippen LogP contribution in [0.4, 0.5) is 0 Å². The summed E-state index contributed by atoms with van der Waals surface area (Å²) in [6.07, 6.45) is 1.90. The largest absolute Gasteiger partial charge is 0.391 e. The lowest BCUT2D eigenvalue weighted by atomic mass is 10.1. The summed E-state index contributed by atoms with van der Waals surface area (Å²) in [6, 6.07) is -0.301. The number of carbonyl (C=O) groups excluding carboxylic acids is 2. The molecule has 0 spiro atoms. The zero-order valence-corrected chi connectivity index (χ0v) is 11.1. The van der Waals surface area contributed by atoms with E-state index in [1.165, 1.54) is 0 Å². The Labute approximate surface area is 108 Å². The fraction of sp³-hybridized carbons (Fsp3) is 0.846. The molecule has 2 amide bonds. The molecule has 0 aromatic carbocycles. The van der Waals surface area contributed by atoms with E-state index in [1.807, 2.05) is 13.8 Å². The fourth-order valence-corrected chi connectivity index (χ4v) is 2.77. The summed E-state index contributed by atoms with van der Waals surface area (Å²) in [5.41, 5.74) is 0. The van der Waals surface area contributed by atoms with Crippen LogP contribution in [0.15, 0.2) is 0 Å². The first-order valence-corrected chi connectivity index (χ1v) is 6.78. The monoisotopic (exact) mass is 254 g/mol. The van der Waals surface area contributed by atoms with Gasteiger partial charge in [0.25, 0.3) is 0 Å². The number of aliphatic hydroxyl groups is 1. The van der Waals surface area contributed by atoms with Gasteiger partial charge in [0.2, 0.25) is 11.8 Å². The van der Waals surface area contributed by atoms with E-state index in [9.17, 15) is 14.7 Å². The maximum Gasteiger partial charge on any atom is 0.245 e. The van der Waals surface area contributed by atoms with Crippen LogP contribution in [0.1, 0.15) is 33.1 Å². The predicted octanol–water partition coefficient (Wildman–Crippen LogP) is 0.227. The van der Waals surface area contributed by atoms with Crippen molar-refractivity contribution in [2.75, 3.05) is 19.6 Å². The summed E-state index contributed by atoms with van der Waals surface area (Å²) in [5, 5.41) is 9.48. The average Bonchev–Trinajstić information content (AvgIpc) is 2.95. The Bertz CT molecular complexity index is 343. The molecule has 2 saturated heterocycles. The third-order valence-electron chi connectivity index (χ3n) is 3.79. The number of aliphatic hydroxyl groups excluding tert-OH is 1. The highest BCUT2D eigenvalue weighted by molar-refractivity contribution is 5.89. The Morgan fingerprint density at radius 2 is 1.94 bits per heavy atom. The van der Waals surface area contributed by atoms with Crippen LogP contribution in [-0.4, -0.2) is 58.5 Å². The van der Waals surface area contributed by atoms with Gasteiger partial charge < -0.3 is 14.9 Å². The molecule has 2 heterocycles. The van der Waals surface area contributed by atoms with E-state index in [-0.39, 0.29) is 23.8 Å². The summed E-state index contributed by atoms with van der Waals surface area (Å²) in [4.78, 5) is 27.8. The van der Waals surface area contributed by atoms with Crippen molar-refractivity contribution in [2.45, 2.75) is 45.3 Å². The van der Waals surface area contributed by atoms with Crippen molar-refractivity contribution in [1.29, 1.82) is 0 Å². The van der Waals surface area contributed by atoms with Crippen LogP contribution >= 0.6 is 0 Å². The normalized spacial score (nSPS) is 28.2. The van der Waals surface area contributed by atoms with Gasteiger partial charge in [0.1, 0.15) is 6.04 Å². The number of hydrogen-bond acceptors (Lipinski definition) is 3. The lowest BCUT2D eigenvalue weighted by molar-refractivity contribution is -0.145. The van der Waals surface area contributed by atoms with Crippen molar-refractivity contribution >= 4 is 11.8 Å². The van der Waals surface area contributed by atoms with Gasteiger partial charge in [-0.3, -0.25) is 9.59 Å².